The molecule has 0 radical (unpaired) electrons. The minimum Gasteiger partial charge on any atom is -0.368 e. The lowest BCUT2D eigenvalue weighted by molar-refractivity contribution is 0.647. The van der Waals surface area contributed by atoms with E-state index in [1.54, 1.807) is 0 Å². The number of nitrogens with zero attached hydrogens (tertiary/aromatic N) is 6. The average Bonchev–Trinajstić information content (AvgIpc) is 3.40. The molecule has 0 spiro atoms. The van der Waals surface area contributed by atoms with Crippen LogP contribution in [0.3, 0.4) is 0 Å². The fraction of sp³-hybridized carbons (Fsp3) is 0.389. The van der Waals surface area contributed by atoms with Gasteiger partial charge in [0.05, 0.1) is 0 Å². The largest absolute Gasteiger partial charge is 0.368 e. The lowest BCUT2D eigenvalue weighted by atomic mass is 10.2. The van der Waals surface area contributed by atoms with E-state index >= 15 is 0 Å². The van der Waals surface area contributed by atoms with Crippen molar-refractivity contribution in [2.75, 3.05) is 36.0 Å². The van der Waals surface area contributed by atoms with Crippen LogP contribution in [0.4, 0.5) is 11.5 Å². The highest BCUT2D eigenvalue weighted by Crippen LogP contribution is 2.39. The lowest BCUT2D eigenvalue weighted by Crippen LogP contribution is -2.47. The average molecular weight is 355 g/mol. The normalized spacial score (nSPS) is 18.1. The Morgan fingerprint density at radius 2 is 1.80 bits per heavy atom. The zero-order chi connectivity index (χ0) is 16.8. The Hall–Kier alpha value is -2.34. The molecule has 6 nitrogen and oxygen atoms in total. The number of piperazine rings is 1. The van der Waals surface area contributed by atoms with Crippen molar-refractivity contribution in [3.63, 3.8) is 0 Å². The van der Waals surface area contributed by atoms with E-state index in [2.05, 4.69) is 35.4 Å². The second-order valence-corrected chi connectivity index (χ2v) is 7.17. The van der Waals surface area contributed by atoms with Crippen molar-refractivity contribution in [2.24, 2.45) is 0 Å². The summed E-state index contributed by atoms with van der Waals surface area (Å²) in [5.74, 6) is 2.59. The molecule has 1 saturated carbocycles. The molecule has 25 heavy (non-hydrogen) atoms. The van der Waals surface area contributed by atoms with E-state index in [9.17, 15) is 0 Å². The molecule has 2 aliphatic rings. The number of fused-ring (bicyclic) bond motifs is 1. The highest BCUT2D eigenvalue weighted by atomic mass is 35.5. The Kier molecular flexibility index (Phi) is 3.52. The minimum absolute atomic E-state index is 0.574. The first kappa shape index (κ1) is 15.0. The van der Waals surface area contributed by atoms with Gasteiger partial charge in [-0.1, -0.05) is 17.7 Å². The molecule has 1 aliphatic heterocycles. The van der Waals surface area contributed by atoms with E-state index in [0.29, 0.717) is 5.92 Å². The van der Waals surface area contributed by atoms with Crippen LogP contribution in [0.15, 0.2) is 36.7 Å². The van der Waals surface area contributed by atoms with Crippen LogP contribution >= 0.6 is 11.6 Å². The first-order chi connectivity index (χ1) is 12.3. The van der Waals surface area contributed by atoms with Crippen LogP contribution in [0.1, 0.15) is 24.6 Å². The van der Waals surface area contributed by atoms with Gasteiger partial charge in [0.25, 0.3) is 0 Å². The van der Waals surface area contributed by atoms with E-state index in [1.807, 2.05) is 30.6 Å². The molecule has 128 valence electrons. The van der Waals surface area contributed by atoms with Crippen molar-refractivity contribution in [1.82, 2.24) is 19.6 Å². The molecule has 3 aromatic rings. The van der Waals surface area contributed by atoms with Crippen molar-refractivity contribution < 1.29 is 0 Å². The van der Waals surface area contributed by atoms with Crippen LogP contribution in [0.5, 0.6) is 0 Å². The van der Waals surface area contributed by atoms with Crippen molar-refractivity contribution in [2.45, 2.75) is 18.8 Å². The van der Waals surface area contributed by atoms with Crippen molar-refractivity contribution in [1.29, 1.82) is 0 Å². The van der Waals surface area contributed by atoms with Gasteiger partial charge in [0.1, 0.15) is 5.82 Å². The molecule has 1 saturated heterocycles. The number of anilines is 2. The monoisotopic (exact) mass is 354 g/mol. The minimum atomic E-state index is 0.574. The Bertz CT molecular complexity index is 911. The third kappa shape index (κ3) is 2.70. The van der Waals surface area contributed by atoms with Crippen LogP contribution in [-0.2, 0) is 0 Å². The zero-order valence-corrected chi connectivity index (χ0v) is 14.6. The number of hydrogen-bond donors (Lipinski definition) is 0. The first-order valence-electron chi connectivity index (χ1n) is 8.75. The molecule has 0 unspecified atom stereocenters. The molecule has 0 atom stereocenters. The Labute approximate surface area is 151 Å². The predicted molar refractivity (Wildman–Crippen MR) is 98.6 cm³/mol. The molecule has 3 heterocycles. The summed E-state index contributed by atoms with van der Waals surface area (Å²) >= 11 is 6.12. The smallest absolute Gasteiger partial charge is 0.203 e. The standard InChI is InChI=1S/C18H19ClN6/c19-14-2-1-3-15(12-14)23-8-10-24(11-9-23)17-18-22-21-16(13-4-5-13)25(18)7-6-20-17/h1-3,6-7,12-13H,4-5,8-11H2. The second-order valence-electron chi connectivity index (χ2n) is 6.73. The maximum Gasteiger partial charge on any atom is 0.203 e. The van der Waals surface area contributed by atoms with Gasteiger partial charge in [-0.05, 0) is 31.0 Å². The summed E-state index contributed by atoms with van der Waals surface area (Å²) in [6, 6.07) is 8.05. The van der Waals surface area contributed by atoms with Crippen LogP contribution in [-0.4, -0.2) is 45.8 Å². The Morgan fingerprint density at radius 1 is 1.00 bits per heavy atom. The fourth-order valence-corrected chi connectivity index (χ4v) is 3.71. The molecule has 1 aliphatic carbocycles. The summed E-state index contributed by atoms with van der Waals surface area (Å²) < 4.78 is 2.11. The zero-order valence-electron chi connectivity index (χ0n) is 13.8. The molecule has 1 aromatic carbocycles. The van der Waals surface area contributed by atoms with Crippen LogP contribution in [0.2, 0.25) is 5.02 Å². The highest BCUT2D eigenvalue weighted by Gasteiger charge is 2.30. The molecular weight excluding hydrogens is 336 g/mol. The molecule has 5 rings (SSSR count). The van der Waals surface area contributed by atoms with E-state index in [0.717, 1.165) is 48.5 Å². The molecule has 7 heteroatoms. The molecule has 0 bridgehead atoms. The van der Waals surface area contributed by atoms with Crippen molar-refractivity contribution in [3.8, 4) is 0 Å². The summed E-state index contributed by atoms with van der Waals surface area (Å²) in [5.41, 5.74) is 2.05. The Balaban J connectivity index is 1.38. The summed E-state index contributed by atoms with van der Waals surface area (Å²) in [5, 5.41) is 9.61. The van der Waals surface area contributed by atoms with Gasteiger partial charge in [-0.25, -0.2) is 4.98 Å². The van der Waals surface area contributed by atoms with Crippen molar-refractivity contribution in [3.05, 3.63) is 47.5 Å². The number of aromatic nitrogens is 4. The fourth-order valence-electron chi connectivity index (χ4n) is 3.52. The SMILES string of the molecule is Clc1cccc(N2CCN(c3nccn4c(C5CC5)nnc34)CC2)c1. The van der Waals surface area contributed by atoms with E-state index < -0.39 is 0 Å². The summed E-state index contributed by atoms with van der Waals surface area (Å²) in [6.07, 6.45) is 6.28. The first-order valence-corrected chi connectivity index (χ1v) is 9.12. The van der Waals surface area contributed by atoms with Gasteiger partial charge < -0.3 is 9.80 Å². The van der Waals surface area contributed by atoms with E-state index in [4.69, 9.17) is 11.6 Å². The van der Waals surface area contributed by atoms with Crippen LogP contribution in [0, 0.1) is 0 Å². The molecule has 2 aromatic heterocycles. The third-order valence-corrected chi connectivity index (χ3v) is 5.26. The molecule has 2 fully saturated rings. The number of hydrogen-bond acceptors (Lipinski definition) is 5. The predicted octanol–water partition coefficient (Wildman–Crippen LogP) is 2.98. The molecule has 0 amide bonds. The number of halogens is 1. The van der Waals surface area contributed by atoms with Gasteiger partial charge in [0.2, 0.25) is 5.65 Å². The highest BCUT2D eigenvalue weighted by molar-refractivity contribution is 6.30. The van der Waals surface area contributed by atoms with Gasteiger partial charge in [0, 0.05) is 55.2 Å². The molecule has 0 N–H and O–H groups in total. The van der Waals surface area contributed by atoms with Crippen LogP contribution < -0.4 is 9.80 Å². The third-order valence-electron chi connectivity index (χ3n) is 5.03. The van der Waals surface area contributed by atoms with Gasteiger partial charge in [-0.15, -0.1) is 10.2 Å². The van der Waals surface area contributed by atoms with E-state index in [-0.39, 0.29) is 0 Å². The summed E-state index contributed by atoms with van der Waals surface area (Å²) in [6.45, 7) is 3.69. The number of benzene rings is 1. The lowest BCUT2D eigenvalue weighted by Gasteiger charge is -2.36. The van der Waals surface area contributed by atoms with Crippen molar-refractivity contribution >= 4 is 28.8 Å². The van der Waals surface area contributed by atoms with E-state index in [1.165, 1.54) is 18.5 Å². The quantitative estimate of drug-likeness (QED) is 0.723. The molecular formula is C18H19ClN6. The maximum atomic E-state index is 6.12. The maximum absolute atomic E-state index is 6.12. The van der Waals surface area contributed by atoms with Gasteiger partial charge in [-0.2, -0.15) is 0 Å². The van der Waals surface area contributed by atoms with Gasteiger partial charge in [-0.3, -0.25) is 4.40 Å². The number of rotatable bonds is 3. The van der Waals surface area contributed by atoms with Crippen LogP contribution in [0.25, 0.3) is 5.65 Å². The summed E-state index contributed by atoms with van der Waals surface area (Å²) in [7, 11) is 0. The van der Waals surface area contributed by atoms with Gasteiger partial charge in [0.15, 0.2) is 5.82 Å². The summed E-state index contributed by atoms with van der Waals surface area (Å²) in [4.78, 5) is 9.27. The second kappa shape index (κ2) is 5.88. The van der Waals surface area contributed by atoms with Gasteiger partial charge >= 0.3 is 0 Å². The topological polar surface area (TPSA) is 49.6 Å². The Morgan fingerprint density at radius 3 is 2.56 bits per heavy atom.